The molecule has 28 heavy (non-hydrogen) atoms. The molecule has 1 unspecified atom stereocenters. The molecule has 0 fully saturated rings. The Kier molecular flexibility index (Phi) is 7.40. The number of amides is 3. The number of hydrogen-bond donors (Lipinski definition) is 3. The van der Waals surface area contributed by atoms with Crippen LogP contribution in [0.4, 0.5) is 10.5 Å². The van der Waals surface area contributed by atoms with Gasteiger partial charge in [-0.1, -0.05) is 12.1 Å². The smallest absolute Gasteiger partial charge is 0.319 e. The van der Waals surface area contributed by atoms with Crippen LogP contribution in [0.5, 0.6) is 5.75 Å². The zero-order valence-electron chi connectivity index (χ0n) is 17.0. The number of ether oxygens (including phenoxy) is 1. The van der Waals surface area contributed by atoms with Gasteiger partial charge in [0.25, 0.3) is 5.91 Å². The van der Waals surface area contributed by atoms with Crippen molar-refractivity contribution in [3.8, 4) is 5.75 Å². The summed E-state index contributed by atoms with van der Waals surface area (Å²) >= 11 is 0. The molecule has 0 saturated heterocycles. The molecule has 2 aromatic carbocycles. The summed E-state index contributed by atoms with van der Waals surface area (Å²) in [5.41, 5.74) is 3.11. The van der Waals surface area contributed by atoms with E-state index in [0.29, 0.717) is 17.8 Å². The Morgan fingerprint density at radius 3 is 2.32 bits per heavy atom. The Labute approximate surface area is 166 Å². The van der Waals surface area contributed by atoms with Crippen LogP contribution in [0.25, 0.3) is 0 Å². The van der Waals surface area contributed by atoms with Crippen molar-refractivity contribution in [2.45, 2.75) is 13.0 Å². The van der Waals surface area contributed by atoms with Crippen molar-refractivity contribution in [3.05, 3.63) is 59.2 Å². The first-order chi connectivity index (χ1) is 13.3. The maximum absolute atomic E-state index is 12.4. The Bertz CT molecular complexity index is 819. The number of carbonyl (C=O) groups is 2. The van der Waals surface area contributed by atoms with Crippen LogP contribution in [0.3, 0.4) is 0 Å². The molecule has 3 N–H and O–H groups in total. The van der Waals surface area contributed by atoms with E-state index in [0.717, 1.165) is 16.9 Å². The van der Waals surface area contributed by atoms with Gasteiger partial charge in [-0.15, -0.1) is 0 Å². The third-order valence-corrected chi connectivity index (χ3v) is 4.54. The highest BCUT2D eigenvalue weighted by atomic mass is 16.5. The Morgan fingerprint density at radius 2 is 1.79 bits per heavy atom. The van der Waals surface area contributed by atoms with Crippen molar-refractivity contribution >= 4 is 17.6 Å². The van der Waals surface area contributed by atoms with Crippen molar-refractivity contribution in [3.63, 3.8) is 0 Å². The number of likely N-dealkylation sites (N-methyl/N-ethyl adjacent to an activating group) is 1. The van der Waals surface area contributed by atoms with Gasteiger partial charge < -0.3 is 25.6 Å². The van der Waals surface area contributed by atoms with E-state index >= 15 is 0 Å². The van der Waals surface area contributed by atoms with Crippen LogP contribution in [0.1, 0.15) is 27.5 Å². The highest BCUT2D eigenvalue weighted by Crippen LogP contribution is 2.21. The van der Waals surface area contributed by atoms with Gasteiger partial charge in [-0.3, -0.25) is 4.79 Å². The molecule has 0 aliphatic rings. The van der Waals surface area contributed by atoms with Crippen LogP contribution < -0.4 is 20.7 Å². The summed E-state index contributed by atoms with van der Waals surface area (Å²) in [7, 11) is 7.15. The zero-order valence-corrected chi connectivity index (χ0v) is 17.0. The molecule has 0 spiro atoms. The first kappa shape index (κ1) is 21.2. The maximum atomic E-state index is 12.4. The molecular weight excluding hydrogens is 356 g/mol. The quantitative estimate of drug-likeness (QED) is 0.686. The second-order valence-corrected chi connectivity index (χ2v) is 6.70. The summed E-state index contributed by atoms with van der Waals surface area (Å²) in [5, 5.41) is 8.33. The van der Waals surface area contributed by atoms with E-state index in [1.54, 1.807) is 32.4 Å². The third-order valence-electron chi connectivity index (χ3n) is 4.54. The lowest BCUT2D eigenvalue weighted by Gasteiger charge is -2.25. The van der Waals surface area contributed by atoms with Gasteiger partial charge in [0.1, 0.15) is 5.75 Å². The number of rotatable bonds is 7. The van der Waals surface area contributed by atoms with E-state index in [2.05, 4.69) is 16.0 Å². The van der Waals surface area contributed by atoms with Gasteiger partial charge in [-0.05, 0) is 62.5 Å². The molecule has 0 aliphatic heterocycles. The van der Waals surface area contributed by atoms with Gasteiger partial charge in [0.05, 0.1) is 13.2 Å². The molecule has 0 radical (unpaired) electrons. The molecule has 2 aromatic rings. The molecule has 0 aliphatic carbocycles. The summed E-state index contributed by atoms with van der Waals surface area (Å²) < 4.78 is 5.20. The molecule has 0 aromatic heterocycles. The molecule has 150 valence electrons. The van der Waals surface area contributed by atoms with Crippen molar-refractivity contribution in [2.75, 3.05) is 40.1 Å². The van der Waals surface area contributed by atoms with Gasteiger partial charge in [0.2, 0.25) is 0 Å². The molecule has 7 heteroatoms. The first-order valence-electron chi connectivity index (χ1n) is 9.03. The van der Waals surface area contributed by atoms with E-state index in [1.807, 2.05) is 50.2 Å². The molecule has 2 rings (SSSR count). The fourth-order valence-corrected chi connectivity index (χ4v) is 2.87. The summed E-state index contributed by atoms with van der Waals surface area (Å²) in [4.78, 5) is 26.1. The van der Waals surface area contributed by atoms with Crippen molar-refractivity contribution in [1.82, 2.24) is 15.5 Å². The lowest BCUT2D eigenvalue weighted by Crippen LogP contribution is -2.37. The number of methoxy groups -OCH3 is 1. The Morgan fingerprint density at radius 1 is 1.11 bits per heavy atom. The molecule has 0 heterocycles. The molecule has 3 amide bonds. The minimum atomic E-state index is -0.295. The standard InChI is InChI=1S/C21H28N4O3/c1-14-12-16(20(26)22-2)8-11-18(14)24-21(27)23-13-19(25(3)4)15-6-9-17(28-5)10-7-15/h6-12,19H,13H2,1-5H3,(H,22,26)(H2,23,24,27). The molecule has 1 atom stereocenters. The van der Waals surface area contributed by atoms with Crippen LogP contribution in [-0.2, 0) is 0 Å². The zero-order chi connectivity index (χ0) is 20.7. The van der Waals surface area contributed by atoms with Crippen LogP contribution in [-0.4, -0.2) is 51.6 Å². The summed E-state index contributed by atoms with van der Waals surface area (Å²) in [6, 6.07) is 12.7. The highest BCUT2D eigenvalue weighted by molar-refractivity contribution is 5.96. The van der Waals surface area contributed by atoms with Gasteiger partial charge in [-0.2, -0.15) is 0 Å². The van der Waals surface area contributed by atoms with Gasteiger partial charge in [0.15, 0.2) is 0 Å². The number of anilines is 1. The minimum absolute atomic E-state index is 0.0216. The maximum Gasteiger partial charge on any atom is 0.319 e. The first-order valence-corrected chi connectivity index (χ1v) is 9.03. The van der Waals surface area contributed by atoms with Crippen LogP contribution >= 0.6 is 0 Å². The van der Waals surface area contributed by atoms with Crippen LogP contribution in [0.15, 0.2) is 42.5 Å². The van der Waals surface area contributed by atoms with E-state index in [4.69, 9.17) is 4.74 Å². The predicted molar refractivity (Wildman–Crippen MR) is 111 cm³/mol. The number of urea groups is 1. The van der Waals surface area contributed by atoms with Crippen molar-refractivity contribution in [2.24, 2.45) is 0 Å². The van der Waals surface area contributed by atoms with Crippen molar-refractivity contribution in [1.29, 1.82) is 0 Å². The van der Waals surface area contributed by atoms with E-state index in [9.17, 15) is 9.59 Å². The third kappa shape index (κ3) is 5.47. The summed E-state index contributed by atoms with van der Waals surface area (Å²) in [6.45, 7) is 2.29. The molecule has 7 nitrogen and oxygen atoms in total. The highest BCUT2D eigenvalue weighted by Gasteiger charge is 2.16. The van der Waals surface area contributed by atoms with E-state index in [1.165, 1.54) is 0 Å². The number of hydrogen-bond acceptors (Lipinski definition) is 4. The average molecular weight is 384 g/mol. The number of aryl methyl sites for hydroxylation is 1. The largest absolute Gasteiger partial charge is 0.497 e. The topological polar surface area (TPSA) is 82.7 Å². The minimum Gasteiger partial charge on any atom is -0.497 e. The fourth-order valence-electron chi connectivity index (χ4n) is 2.87. The lowest BCUT2D eigenvalue weighted by molar-refractivity contribution is 0.0963. The van der Waals surface area contributed by atoms with Gasteiger partial charge in [-0.25, -0.2) is 4.79 Å². The molecule has 0 bridgehead atoms. The number of nitrogens with one attached hydrogen (secondary N) is 3. The summed E-state index contributed by atoms with van der Waals surface area (Å²) in [5.74, 6) is 0.634. The molecular formula is C21H28N4O3. The average Bonchev–Trinajstić information content (AvgIpc) is 2.69. The number of nitrogens with zero attached hydrogens (tertiary/aromatic N) is 1. The predicted octanol–water partition coefficient (Wildman–Crippen LogP) is 2.79. The normalized spacial score (nSPS) is 11.6. The Hall–Kier alpha value is -3.06. The second kappa shape index (κ2) is 9.75. The Balaban J connectivity index is 2.00. The monoisotopic (exact) mass is 384 g/mol. The second-order valence-electron chi connectivity index (χ2n) is 6.70. The van der Waals surface area contributed by atoms with Gasteiger partial charge >= 0.3 is 6.03 Å². The molecule has 0 saturated carbocycles. The van der Waals surface area contributed by atoms with Gasteiger partial charge in [0, 0.05) is 24.8 Å². The van der Waals surface area contributed by atoms with Crippen LogP contribution in [0, 0.1) is 6.92 Å². The number of benzene rings is 2. The fraction of sp³-hybridized carbons (Fsp3) is 0.333. The lowest BCUT2D eigenvalue weighted by atomic mass is 10.1. The van der Waals surface area contributed by atoms with Crippen molar-refractivity contribution < 1.29 is 14.3 Å². The SMILES string of the molecule is CNC(=O)c1ccc(NC(=O)NCC(c2ccc(OC)cc2)N(C)C)c(C)c1. The van der Waals surface area contributed by atoms with Crippen LogP contribution in [0.2, 0.25) is 0 Å². The summed E-state index contributed by atoms with van der Waals surface area (Å²) in [6.07, 6.45) is 0. The number of carbonyl (C=O) groups excluding carboxylic acids is 2. The van der Waals surface area contributed by atoms with E-state index < -0.39 is 0 Å². The van der Waals surface area contributed by atoms with E-state index in [-0.39, 0.29) is 18.0 Å².